The number of fused-ring (bicyclic) bond motifs is 8. The van der Waals surface area contributed by atoms with E-state index in [0.717, 1.165) is 44.8 Å². The normalized spacial score (nSPS) is 12.6. The van der Waals surface area contributed by atoms with Gasteiger partial charge >= 0.3 is 0 Å². The van der Waals surface area contributed by atoms with Crippen LogP contribution in [0.4, 0.5) is 0 Å². The third kappa shape index (κ3) is 3.11. The molecule has 0 saturated carbocycles. The summed E-state index contributed by atoms with van der Waals surface area (Å²) in [7, 11) is 0. The van der Waals surface area contributed by atoms with Crippen molar-refractivity contribution in [3.05, 3.63) is 82.1 Å². The van der Waals surface area contributed by atoms with Gasteiger partial charge in [0.05, 0.1) is 22.8 Å². The van der Waals surface area contributed by atoms with Crippen molar-refractivity contribution >= 4 is 57.7 Å². The van der Waals surface area contributed by atoms with E-state index in [9.17, 15) is 0 Å². The number of nitrogens with zero attached hydrogens (tertiary/aromatic N) is 2. The molecule has 138 valence electrons. The number of H-pyrrole nitrogens is 2. The third-order valence-corrected chi connectivity index (χ3v) is 5.68. The fourth-order valence-electron chi connectivity index (χ4n) is 3.67. The number of hydrogen-bond acceptors (Lipinski definition) is 3. The predicted octanol–water partition coefficient (Wildman–Crippen LogP) is 6.38. The van der Waals surface area contributed by atoms with Crippen LogP contribution in [-0.2, 0) is 0 Å². The SMILES string of the molecule is C1=Cc2cc3ccc(cc4cc(-c5ccsc5)c(cc5nc(cc1n2)C=C5)[nH]4)[nH]3. The van der Waals surface area contributed by atoms with Crippen LogP contribution in [0.3, 0.4) is 0 Å². The van der Waals surface area contributed by atoms with Crippen LogP contribution in [0.2, 0.25) is 0 Å². The average molecular weight is 392 g/mol. The van der Waals surface area contributed by atoms with Gasteiger partial charge in [0.25, 0.3) is 0 Å². The standard InChI is InChI=1S/C24H16N4S/c1-2-17-10-19-5-6-21(27-19)13-24-23(15-7-8-29-14-15)12-22(28-24)11-20-4-3-18(26-20)9-16(1)25-17/h1-14,26,28H. The minimum Gasteiger partial charge on any atom is -0.355 e. The Morgan fingerprint density at radius 1 is 0.621 bits per heavy atom. The summed E-state index contributed by atoms with van der Waals surface area (Å²) in [5.74, 6) is 0. The van der Waals surface area contributed by atoms with Gasteiger partial charge in [-0.15, -0.1) is 0 Å². The number of aromatic nitrogens is 4. The minimum atomic E-state index is 0.908. The second kappa shape index (κ2) is 6.43. The molecular formula is C24H16N4S. The molecule has 5 heteroatoms. The molecule has 0 amide bonds. The molecule has 2 aliphatic heterocycles. The number of aromatic amines is 2. The number of hydrogen-bond donors (Lipinski definition) is 2. The maximum atomic E-state index is 4.75. The molecule has 0 aliphatic carbocycles. The van der Waals surface area contributed by atoms with Crippen molar-refractivity contribution in [2.75, 3.05) is 0 Å². The first-order valence-electron chi connectivity index (χ1n) is 9.40. The number of rotatable bonds is 1. The molecule has 0 fully saturated rings. The van der Waals surface area contributed by atoms with Crippen LogP contribution < -0.4 is 0 Å². The van der Waals surface area contributed by atoms with Gasteiger partial charge in [-0.05, 0) is 89.2 Å². The van der Waals surface area contributed by atoms with E-state index in [1.807, 2.05) is 30.4 Å². The van der Waals surface area contributed by atoms with Gasteiger partial charge in [-0.1, -0.05) is 0 Å². The van der Waals surface area contributed by atoms with E-state index < -0.39 is 0 Å². The van der Waals surface area contributed by atoms with Crippen molar-refractivity contribution in [2.24, 2.45) is 0 Å². The van der Waals surface area contributed by atoms with E-state index in [2.05, 4.69) is 68.2 Å². The van der Waals surface area contributed by atoms with Crippen molar-refractivity contribution in [1.82, 2.24) is 19.9 Å². The molecule has 4 nitrogen and oxygen atoms in total. The molecule has 0 spiro atoms. The van der Waals surface area contributed by atoms with Gasteiger partial charge in [0.15, 0.2) is 0 Å². The molecule has 0 saturated heterocycles. The first kappa shape index (κ1) is 16.3. The lowest BCUT2D eigenvalue weighted by Crippen LogP contribution is -1.78. The first-order chi connectivity index (χ1) is 14.3. The monoisotopic (exact) mass is 392 g/mol. The van der Waals surface area contributed by atoms with E-state index in [0.29, 0.717) is 0 Å². The highest BCUT2D eigenvalue weighted by atomic mass is 32.1. The summed E-state index contributed by atoms with van der Waals surface area (Å²) < 4.78 is 0. The Morgan fingerprint density at radius 3 is 2.03 bits per heavy atom. The second-order valence-electron chi connectivity index (χ2n) is 7.10. The van der Waals surface area contributed by atoms with Gasteiger partial charge in [0, 0.05) is 27.6 Å². The molecule has 2 aliphatic rings. The Labute approximate surface area is 171 Å². The largest absolute Gasteiger partial charge is 0.355 e. The smallest absolute Gasteiger partial charge is 0.0659 e. The summed E-state index contributed by atoms with van der Waals surface area (Å²) in [5.41, 5.74) is 10.2. The van der Waals surface area contributed by atoms with Crippen molar-refractivity contribution in [1.29, 1.82) is 0 Å². The van der Waals surface area contributed by atoms with Crippen LogP contribution in [0.1, 0.15) is 22.8 Å². The van der Waals surface area contributed by atoms with E-state index in [1.165, 1.54) is 11.1 Å². The second-order valence-corrected chi connectivity index (χ2v) is 7.88. The van der Waals surface area contributed by atoms with Crippen LogP contribution in [0, 0.1) is 0 Å². The zero-order chi connectivity index (χ0) is 19.2. The lowest BCUT2D eigenvalue weighted by molar-refractivity contribution is 1.28. The molecule has 2 N–H and O–H groups in total. The lowest BCUT2D eigenvalue weighted by Gasteiger charge is -1.92. The molecule has 0 radical (unpaired) electrons. The van der Waals surface area contributed by atoms with E-state index >= 15 is 0 Å². The fourth-order valence-corrected chi connectivity index (χ4v) is 4.33. The van der Waals surface area contributed by atoms with Gasteiger partial charge in [-0.2, -0.15) is 11.3 Å². The molecule has 8 bridgehead atoms. The van der Waals surface area contributed by atoms with Crippen molar-refractivity contribution < 1.29 is 0 Å². The number of thiophene rings is 1. The third-order valence-electron chi connectivity index (χ3n) is 5.00. The summed E-state index contributed by atoms with van der Waals surface area (Å²) in [6.45, 7) is 0. The average Bonchev–Trinajstić information content (AvgIpc) is 3.50. The highest BCUT2D eigenvalue weighted by molar-refractivity contribution is 7.08. The Morgan fingerprint density at radius 2 is 1.31 bits per heavy atom. The summed E-state index contributed by atoms with van der Waals surface area (Å²) in [6, 6.07) is 16.8. The Balaban J connectivity index is 1.70. The quantitative estimate of drug-likeness (QED) is 0.341. The van der Waals surface area contributed by atoms with Gasteiger partial charge in [0.1, 0.15) is 0 Å². The fraction of sp³-hybridized carbons (Fsp3) is 0. The zero-order valence-electron chi connectivity index (χ0n) is 15.4. The van der Waals surface area contributed by atoms with Crippen molar-refractivity contribution in [3.8, 4) is 11.1 Å². The Bertz CT molecular complexity index is 1450. The molecule has 6 heterocycles. The Hall–Kier alpha value is -3.70. The highest BCUT2D eigenvalue weighted by Gasteiger charge is 2.07. The molecule has 4 aromatic heterocycles. The molecule has 4 aromatic rings. The minimum absolute atomic E-state index is 0.908. The molecule has 0 unspecified atom stereocenters. The van der Waals surface area contributed by atoms with Gasteiger partial charge in [0.2, 0.25) is 0 Å². The molecule has 0 atom stereocenters. The molecule has 0 aromatic carbocycles. The van der Waals surface area contributed by atoms with E-state index in [4.69, 9.17) is 4.98 Å². The van der Waals surface area contributed by atoms with Crippen LogP contribution in [0.15, 0.2) is 59.3 Å². The van der Waals surface area contributed by atoms with Crippen LogP contribution >= 0.6 is 11.3 Å². The van der Waals surface area contributed by atoms with Gasteiger partial charge in [-0.3, -0.25) is 0 Å². The highest BCUT2D eigenvalue weighted by Crippen LogP contribution is 2.29. The van der Waals surface area contributed by atoms with E-state index in [1.54, 1.807) is 11.3 Å². The number of nitrogens with one attached hydrogen (secondary N) is 2. The van der Waals surface area contributed by atoms with Crippen LogP contribution in [-0.4, -0.2) is 19.9 Å². The van der Waals surface area contributed by atoms with Crippen molar-refractivity contribution in [3.63, 3.8) is 0 Å². The molecule has 29 heavy (non-hydrogen) atoms. The van der Waals surface area contributed by atoms with Crippen LogP contribution in [0.25, 0.3) is 57.5 Å². The maximum absolute atomic E-state index is 4.75. The predicted molar refractivity (Wildman–Crippen MR) is 122 cm³/mol. The topological polar surface area (TPSA) is 57.4 Å². The summed E-state index contributed by atoms with van der Waals surface area (Å²) in [4.78, 5) is 16.4. The molecular weight excluding hydrogens is 376 g/mol. The summed E-state index contributed by atoms with van der Waals surface area (Å²) >= 11 is 1.70. The van der Waals surface area contributed by atoms with Gasteiger partial charge < -0.3 is 9.97 Å². The lowest BCUT2D eigenvalue weighted by atomic mass is 10.1. The van der Waals surface area contributed by atoms with E-state index in [-0.39, 0.29) is 0 Å². The summed E-state index contributed by atoms with van der Waals surface area (Å²) in [5, 5.41) is 4.28. The zero-order valence-corrected chi connectivity index (χ0v) is 16.2. The maximum Gasteiger partial charge on any atom is 0.0659 e. The van der Waals surface area contributed by atoms with Crippen LogP contribution in [0.5, 0.6) is 0 Å². The summed E-state index contributed by atoms with van der Waals surface area (Å²) in [6.07, 6.45) is 8.11. The molecule has 6 rings (SSSR count). The van der Waals surface area contributed by atoms with Gasteiger partial charge in [-0.25, -0.2) is 9.97 Å². The first-order valence-corrected chi connectivity index (χ1v) is 10.3. The van der Waals surface area contributed by atoms with Crippen molar-refractivity contribution in [2.45, 2.75) is 0 Å². The Kier molecular flexibility index (Phi) is 3.61.